The molecule has 0 bridgehead atoms. The highest BCUT2D eigenvalue weighted by Gasteiger charge is 2.34. The molecule has 10 heteroatoms. The van der Waals surface area contributed by atoms with Crippen molar-refractivity contribution in [1.29, 1.82) is 0 Å². The van der Waals surface area contributed by atoms with Gasteiger partial charge in [-0.2, -0.15) is 4.98 Å². The molecule has 4 rings (SSSR count). The highest BCUT2D eigenvalue weighted by Crippen LogP contribution is 2.43. The van der Waals surface area contributed by atoms with Crippen LogP contribution in [0.1, 0.15) is 43.0 Å². The van der Waals surface area contributed by atoms with Crippen LogP contribution in [0.5, 0.6) is 11.5 Å². The first-order valence-electron chi connectivity index (χ1n) is 11.2. The zero-order chi connectivity index (χ0) is 25.1. The second-order valence-electron chi connectivity index (χ2n) is 8.25. The first kappa shape index (κ1) is 25.1. The lowest BCUT2D eigenvalue weighted by atomic mass is 9.95. The first-order chi connectivity index (χ1) is 16.8. The summed E-state index contributed by atoms with van der Waals surface area (Å²) in [5, 5.41) is 8.50. The van der Waals surface area contributed by atoms with E-state index in [0.717, 1.165) is 23.3 Å². The number of carbonyl (C=O) groups excluding carboxylic acids is 1. The van der Waals surface area contributed by atoms with Crippen LogP contribution in [-0.4, -0.2) is 33.5 Å². The highest BCUT2D eigenvalue weighted by atomic mass is 79.9. The molecule has 0 aliphatic carbocycles. The number of rotatable bonds is 9. The van der Waals surface area contributed by atoms with Crippen molar-refractivity contribution >= 4 is 39.5 Å². The minimum Gasteiger partial charge on any atom is -0.493 e. The number of thioether (sulfide) groups is 1. The number of nitrogens with one attached hydrogen (secondary N) is 1. The van der Waals surface area contributed by atoms with Crippen LogP contribution in [0.25, 0.3) is 0 Å². The van der Waals surface area contributed by atoms with Gasteiger partial charge in [0, 0.05) is 11.4 Å². The molecule has 0 saturated carbocycles. The van der Waals surface area contributed by atoms with E-state index >= 15 is 0 Å². The molecule has 8 nitrogen and oxygen atoms in total. The number of fused-ring (bicyclic) bond motifs is 1. The Labute approximate surface area is 217 Å². The molecule has 1 aromatic heterocycles. The zero-order valence-corrected chi connectivity index (χ0v) is 22.5. The van der Waals surface area contributed by atoms with Crippen LogP contribution in [0, 0.1) is 6.92 Å². The van der Waals surface area contributed by atoms with E-state index in [1.807, 2.05) is 44.2 Å². The van der Waals surface area contributed by atoms with Crippen LogP contribution >= 0.6 is 27.7 Å². The summed E-state index contributed by atoms with van der Waals surface area (Å²) >= 11 is 5.21. The molecule has 2 aromatic carbocycles. The Hall–Kier alpha value is -2.98. The van der Waals surface area contributed by atoms with Crippen molar-refractivity contribution < 1.29 is 14.3 Å². The maximum absolute atomic E-state index is 12.5. The molecule has 35 heavy (non-hydrogen) atoms. The number of nitrogens with zero attached hydrogens (tertiary/aromatic N) is 3. The van der Waals surface area contributed by atoms with E-state index in [9.17, 15) is 4.79 Å². The molecule has 0 fully saturated rings. The maximum atomic E-state index is 12.5. The largest absolute Gasteiger partial charge is 0.493 e. The van der Waals surface area contributed by atoms with E-state index in [0.29, 0.717) is 45.0 Å². The van der Waals surface area contributed by atoms with Gasteiger partial charge < -0.3 is 20.5 Å². The van der Waals surface area contributed by atoms with Crippen LogP contribution in [0.4, 0.5) is 5.95 Å². The molecule has 1 aliphatic heterocycles. The summed E-state index contributed by atoms with van der Waals surface area (Å²) in [5.74, 6) is 2.04. The molecule has 0 radical (unpaired) electrons. The number of aromatic nitrogens is 3. The number of amides is 1. The molecule has 2 heterocycles. The molecule has 3 N–H and O–H groups in total. The van der Waals surface area contributed by atoms with Crippen LogP contribution in [-0.2, 0) is 11.4 Å². The number of methoxy groups -OCH3 is 1. The Morgan fingerprint density at radius 2 is 2.09 bits per heavy atom. The number of hydrogen-bond acceptors (Lipinski definition) is 7. The fraction of sp³-hybridized carbons (Fsp3) is 0.320. The summed E-state index contributed by atoms with van der Waals surface area (Å²) in [6, 6.07) is 11.3. The molecule has 1 aliphatic rings. The van der Waals surface area contributed by atoms with Crippen molar-refractivity contribution in [2.75, 3.05) is 18.2 Å². The van der Waals surface area contributed by atoms with E-state index in [1.165, 1.54) is 5.56 Å². The number of nitrogens with two attached hydrogens (primary N) is 1. The van der Waals surface area contributed by atoms with Crippen molar-refractivity contribution in [3.05, 3.63) is 68.8 Å². The number of benzene rings is 2. The molecular weight excluding hydrogens is 530 g/mol. The van der Waals surface area contributed by atoms with E-state index in [1.54, 1.807) is 23.6 Å². The molecule has 184 valence electrons. The summed E-state index contributed by atoms with van der Waals surface area (Å²) < 4.78 is 14.2. The number of halogens is 1. The summed E-state index contributed by atoms with van der Waals surface area (Å²) in [4.78, 5) is 17.1. The number of allylic oxidation sites excluding steroid dienone is 1. The molecule has 0 saturated heterocycles. The van der Waals surface area contributed by atoms with Crippen LogP contribution < -0.4 is 20.5 Å². The van der Waals surface area contributed by atoms with Gasteiger partial charge in [0.15, 0.2) is 11.5 Å². The minimum absolute atomic E-state index is 0.389. The van der Waals surface area contributed by atoms with Crippen molar-refractivity contribution in [3.8, 4) is 11.5 Å². The number of ether oxygens (including phenoxy) is 2. The van der Waals surface area contributed by atoms with Crippen molar-refractivity contribution in [3.63, 3.8) is 0 Å². The normalized spacial score (nSPS) is 14.9. The van der Waals surface area contributed by atoms with Gasteiger partial charge in [-0.3, -0.25) is 4.79 Å². The monoisotopic (exact) mass is 557 g/mol. The smallest absolute Gasteiger partial charge is 0.248 e. The van der Waals surface area contributed by atoms with Crippen LogP contribution in [0.2, 0.25) is 0 Å². The third-order valence-electron chi connectivity index (χ3n) is 5.57. The van der Waals surface area contributed by atoms with E-state index < -0.39 is 11.9 Å². The van der Waals surface area contributed by atoms with Gasteiger partial charge in [0.25, 0.3) is 0 Å². The molecule has 1 amide bonds. The lowest BCUT2D eigenvalue weighted by molar-refractivity contribution is -0.115. The zero-order valence-electron chi connectivity index (χ0n) is 20.1. The van der Waals surface area contributed by atoms with Gasteiger partial charge in [0.2, 0.25) is 17.0 Å². The Bertz CT molecular complexity index is 1290. The summed E-state index contributed by atoms with van der Waals surface area (Å²) in [5.41, 5.74) is 9.87. The molecule has 3 aromatic rings. The number of anilines is 1. The standard InChI is InChI=1S/C25H28BrN5O3S/c1-5-9-35-25-29-24-28-15(3)20(23(27)32)21(31(24)30-25)17-11-18(26)22(19(12-17)33-4)34-13-16-8-6-7-14(2)10-16/h6-8,10-12,21H,5,9,13H2,1-4H3,(H2,27,32)(H,28,29,30). The number of hydrogen-bond donors (Lipinski definition) is 2. The SMILES string of the molecule is CCCSc1nc2n(n1)C(c1cc(Br)c(OCc3cccc(C)c3)c(OC)c1)C(C(N)=O)=C(C)N2. The van der Waals surface area contributed by atoms with Crippen LogP contribution in [0.15, 0.2) is 57.3 Å². The first-order valence-corrected chi connectivity index (χ1v) is 13.0. The third-order valence-corrected chi connectivity index (χ3v) is 7.20. The van der Waals surface area contributed by atoms with Gasteiger partial charge in [0.1, 0.15) is 12.6 Å². The predicted molar refractivity (Wildman–Crippen MR) is 141 cm³/mol. The number of carbonyl (C=O) groups is 1. The lowest BCUT2D eigenvalue weighted by Crippen LogP contribution is -2.31. The van der Waals surface area contributed by atoms with Crippen molar-refractivity contribution in [1.82, 2.24) is 14.8 Å². The minimum atomic E-state index is -0.566. The average molecular weight is 559 g/mol. The molecular formula is C25H28BrN5O3S. The lowest BCUT2D eigenvalue weighted by Gasteiger charge is -2.28. The van der Waals surface area contributed by atoms with Gasteiger partial charge in [-0.15, -0.1) is 5.10 Å². The van der Waals surface area contributed by atoms with Crippen molar-refractivity contribution in [2.45, 2.75) is 45.0 Å². The van der Waals surface area contributed by atoms with Crippen LogP contribution in [0.3, 0.4) is 0 Å². The fourth-order valence-electron chi connectivity index (χ4n) is 4.01. The van der Waals surface area contributed by atoms with Gasteiger partial charge in [-0.1, -0.05) is 48.5 Å². The van der Waals surface area contributed by atoms with E-state index in [-0.39, 0.29) is 0 Å². The summed E-state index contributed by atoms with van der Waals surface area (Å²) in [7, 11) is 1.59. The summed E-state index contributed by atoms with van der Waals surface area (Å²) in [6.45, 7) is 6.35. The topological polar surface area (TPSA) is 104 Å². The predicted octanol–water partition coefficient (Wildman–Crippen LogP) is 5.21. The van der Waals surface area contributed by atoms with Gasteiger partial charge in [-0.25, -0.2) is 4.68 Å². The second kappa shape index (κ2) is 10.7. The molecule has 0 spiro atoms. The highest BCUT2D eigenvalue weighted by molar-refractivity contribution is 9.10. The van der Waals surface area contributed by atoms with Crippen molar-refractivity contribution in [2.24, 2.45) is 5.73 Å². The number of aryl methyl sites for hydroxylation is 1. The second-order valence-corrected chi connectivity index (χ2v) is 10.2. The number of primary amides is 1. The van der Waals surface area contributed by atoms with E-state index in [2.05, 4.69) is 44.3 Å². The Morgan fingerprint density at radius 1 is 1.29 bits per heavy atom. The maximum Gasteiger partial charge on any atom is 0.248 e. The third kappa shape index (κ3) is 5.33. The summed E-state index contributed by atoms with van der Waals surface area (Å²) in [6.07, 6.45) is 1.00. The van der Waals surface area contributed by atoms with E-state index in [4.69, 9.17) is 15.2 Å². The molecule has 1 atom stereocenters. The Kier molecular flexibility index (Phi) is 7.71. The quantitative estimate of drug-likeness (QED) is 0.348. The Morgan fingerprint density at radius 3 is 2.77 bits per heavy atom. The molecule has 1 unspecified atom stereocenters. The fourth-order valence-corrected chi connectivity index (χ4v) is 5.27. The van der Waals surface area contributed by atoms with Gasteiger partial charge >= 0.3 is 0 Å². The Balaban J connectivity index is 1.74. The van der Waals surface area contributed by atoms with Gasteiger partial charge in [0.05, 0.1) is 17.2 Å². The average Bonchev–Trinajstić information content (AvgIpc) is 3.22. The van der Waals surface area contributed by atoms with Gasteiger partial charge in [-0.05, 0) is 59.5 Å².